The topological polar surface area (TPSA) is 37.8 Å². The van der Waals surface area contributed by atoms with Gasteiger partial charge in [0, 0.05) is 18.1 Å². The highest BCUT2D eigenvalue weighted by Crippen LogP contribution is 2.37. The van der Waals surface area contributed by atoms with Crippen molar-refractivity contribution in [2.45, 2.75) is 10.7 Å². The average molecular weight is 273 g/mol. The molecule has 0 amide bonds. The number of hydrogen-bond acceptors (Lipinski definition) is 4. The summed E-state index contributed by atoms with van der Waals surface area (Å²) >= 11 is 18.0. The smallest absolute Gasteiger partial charge is 0.251 e. The van der Waals surface area contributed by atoms with Crippen molar-refractivity contribution in [3.05, 3.63) is 18.0 Å². The second-order valence-electron chi connectivity index (χ2n) is 2.73. The van der Waals surface area contributed by atoms with Crippen LogP contribution in [-0.2, 0) is 3.79 Å². The molecule has 0 saturated carbocycles. The second-order valence-corrected chi connectivity index (χ2v) is 5.76. The van der Waals surface area contributed by atoms with Crippen LogP contribution in [0.2, 0.25) is 0 Å². The highest BCUT2D eigenvalue weighted by Gasteiger charge is 2.28. The van der Waals surface area contributed by atoms with E-state index in [4.69, 9.17) is 34.8 Å². The summed E-state index contributed by atoms with van der Waals surface area (Å²) in [4.78, 5) is 4.01. The molecule has 0 spiro atoms. The normalized spacial score (nSPS) is 11.4. The maximum Gasteiger partial charge on any atom is 0.251 e. The summed E-state index contributed by atoms with van der Waals surface area (Å²) in [6.07, 6.45) is 0. The van der Waals surface area contributed by atoms with Crippen LogP contribution in [-0.4, -0.2) is 15.9 Å². The first-order valence-electron chi connectivity index (χ1n) is 3.69. The molecule has 0 aliphatic carbocycles. The van der Waals surface area contributed by atoms with Gasteiger partial charge in [0.15, 0.2) is 5.82 Å². The molecule has 0 aliphatic rings. The molecule has 0 saturated heterocycles. The second kappa shape index (κ2) is 4.66. The monoisotopic (exact) mass is 271 g/mol. The van der Waals surface area contributed by atoms with E-state index in [0.29, 0.717) is 11.7 Å². The standard InChI is InChI=1S/C7H8Cl3N3S/c1-4(2)3-11-6-12-5(13-14-6)7(8,9)10/h1,3H2,2H3,(H,11,12,13). The molecule has 3 nitrogen and oxygen atoms in total. The molecule has 1 rings (SSSR count). The predicted octanol–water partition coefficient (Wildman–Crippen LogP) is 3.35. The van der Waals surface area contributed by atoms with Crippen molar-refractivity contribution < 1.29 is 0 Å². The lowest BCUT2D eigenvalue weighted by Gasteiger charge is -2.03. The molecule has 1 heterocycles. The fourth-order valence-electron chi connectivity index (χ4n) is 0.637. The molecule has 78 valence electrons. The summed E-state index contributed by atoms with van der Waals surface area (Å²) in [5.41, 5.74) is 0.996. The van der Waals surface area contributed by atoms with Gasteiger partial charge in [-0.25, -0.2) is 0 Å². The highest BCUT2D eigenvalue weighted by atomic mass is 35.6. The van der Waals surface area contributed by atoms with Crippen molar-refractivity contribution in [1.82, 2.24) is 9.36 Å². The van der Waals surface area contributed by atoms with Gasteiger partial charge in [0.25, 0.3) is 3.79 Å². The first-order chi connectivity index (χ1) is 6.39. The number of halogens is 3. The molecular formula is C7H8Cl3N3S. The molecule has 1 aromatic rings. The van der Waals surface area contributed by atoms with Crippen LogP contribution in [0.5, 0.6) is 0 Å². The van der Waals surface area contributed by atoms with Crippen LogP contribution in [0.15, 0.2) is 12.2 Å². The van der Waals surface area contributed by atoms with Crippen LogP contribution < -0.4 is 5.32 Å². The molecule has 0 bridgehead atoms. The van der Waals surface area contributed by atoms with Gasteiger partial charge in [-0.3, -0.25) is 0 Å². The summed E-state index contributed by atoms with van der Waals surface area (Å²) in [6, 6.07) is 0. The molecule has 14 heavy (non-hydrogen) atoms. The van der Waals surface area contributed by atoms with Gasteiger partial charge in [-0.1, -0.05) is 47.0 Å². The van der Waals surface area contributed by atoms with E-state index in [1.165, 1.54) is 0 Å². The maximum atomic E-state index is 5.60. The molecule has 0 aromatic carbocycles. The van der Waals surface area contributed by atoms with Crippen molar-refractivity contribution in [2.24, 2.45) is 0 Å². The Hall–Kier alpha value is -0.0300. The first-order valence-corrected chi connectivity index (χ1v) is 5.59. The Labute approximate surface area is 101 Å². The van der Waals surface area contributed by atoms with Crippen LogP contribution in [0.25, 0.3) is 0 Å². The van der Waals surface area contributed by atoms with Crippen molar-refractivity contribution in [1.29, 1.82) is 0 Å². The zero-order valence-corrected chi connectivity index (χ0v) is 10.4. The predicted molar refractivity (Wildman–Crippen MR) is 62.4 cm³/mol. The number of aromatic nitrogens is 2. The fourth-order valence-corrected chi connectivity index (χ4v) is 1.66. The zero-order chi connectivity index (χ0) is 10.8. The lowest BCUT2D eigenvalue weighted by molar-refractivity contribution is 1.04. The number of rotatable bonds is 3. The summed E-state index contributed by atoms with van der Waals surface area (Å²) in [5, 5.41) is 3.63. The Kier molecular flexibility index (Phi) is 4.01. The maximum absolute atomic E-state index is 5.60. The molecule has 7 heteroatoms. The number of nitrogens with zero attached hydrogens (tertiary/aromatic N) is 2. The Morgan fingerprint density at radius 3 is 2.64 bits per heavy atom. The van der Waals surface area contributed by atoms with Gasteiger partial charge >= 0.3 is 0 Å². The Bertz CT molecular complexity index is 331. The van der Waals surface area contributed by atoms with Gasteiger partial charge in [0.1, 0.15) is 0 Å². The van der Waals surface area contributed by atoms with Crippen LogP contribution in [0.3, 0.4) is 0 Å². The fraction of sp³-hybridized carbons (Fsp3) is 0.429. The van der Waals surface area contributed by atoms with Crippen LogP contribution >= 0.6 is 46.3 Å². The molecule has 0 aliphatic heterocycles. The zero-order valence-electron chi connectivity index (χ0n) is 7.35. The van der Waals surface area contributed by atoms with Gasteiger partial charge in [0.05, 0.1) is 0 Å². The van der Waals surface area contributed by atoms with Gasteiger partial charge < -0.3 is 5.32 Å². The van der Waals surface area contributed by atoms with Gasteiger partial charge in [-0.05, 0) is 6.92 Å². The molecular weight excluding hydrogens is 265 g/mol. The van der Waals surface area contributed by atoms with E-state index in [1.54, 1.807) is 0 Å². The molecule has 0 unspecified atom stereocenters. The van der Waals surface area contributed by atoms with Crippen LogP contribution in [0.4, 0.5) is 5.13 Å². The van der Waals surface area contributed by atoms with Gasteiger partial charge in [-0.15, -0.1) is 0 Å². The summed E-state index contributed by atoms with van der Waals surface area (Å²) in [7, 11) is 0. The van der Waals surface area contributed by atoms with E-state index < -0.39 is 3.79 Å². The number of anilines is 1. The number of hydrogen-bond donors (Lipinski definition) is 1. The van der Waals surface area contributed by atoms with E-state index in [2.05, 4.69) is 21.3 Å². The number of alkyl halides is 3. The molecule has 0 radical (unpaired) electrons. The van der Waals surface area contributed by atoms with Gasteiger partial charge in [0.2, 0.25) is 5.13 Å². The SMILES string of the molecule is C=C(C)CNc1nc(C(Cl)(Cl)Cl)ns1. The summed E-state index contributed by atoms with van der Waals surface area (Å²) in [6.45, 7) is 6.28. The lowest BCUT2D eigenvalue weighted by atomic mass is 10.4. The Morgan fingerprint density at radius 1 is 1.57 bits per heavy atom. The number of nitrogens with one attached hydrogen (secondary N) is 1. The molecule has 1 N–H and O–H groups in total. The lowest BCUT2D eigenvalue weighted by Crippen LogP contribution is -2.05. The summed E-state index contributed by atoms with van der Waals surface area (Å²) < 4.78 is 2.35. The van der Waals surface area contributed by atoms with Crippen LogP contribution in [0.1, 0.15) is 12.7 Å². The van der Waals surface area contributed by atoms with E-state index in [1.807, 2.05) is 6.92 Å². The van der Waals surface area contributed by atoms with Crippen molar-refractivity contribution in [2.75, 3.05) is 11.9 Å². The van der Waals surface area contributed by atoms with E-state index >= 15 is 0 Å². The first kappa shape index (κ1) is 12.0. The third-order valence-electron chi connectivity index (χ3n) is 1.22. The Morgan fingerprint density at radius 2 is 2.21 bits per heavy atom. The molecule has 0 atom stereocenters. The summed E-state index contributed by atoms with van der Waals surface area (Å²) in [5.74, 6) is 0.191. The highest BCUT2D eigenvalue weighted by molar-refractivity contribution is 7.09. The van der Waals surface area contributed by atoms with Gasteiger partial charge in [-0.2, -0.15) is 9.36 Å². The van der Waals surface area contributed by atoms with E-state index in [-0.39, 0.29) is 5.82 Å². The van der Waals surface area contributed by atoms with Crippen LogP contribution in [0, 0.1) is 0 Å². The molecule has 1 aromatic heterocycles. The van der Waals surface area contributed by atoms with Crippen molar-refractivity contribution in [3.8, 4) is 0 Å². The largest absolute Gasteiger partial charge is 0.357 e. The average Bonchev–Trinajstić information content (AvgIpc) is 2.47. The Balaban J connectivity index is 2.64. The van der Waals surface area contributed by atoms with Crippen molar-refractivity contribution >= 4 is 51.5 Å². The third-order valence-corrected chi connectivity index (χ3v) is 2.40. The van der Waals surface area contributed by atoms with Crippen molar-refractivity contribution in [3.63, 3.8) is 0 Å². The minimum absolute atomic E-state index is 0.191. The quantitative estimate of drug-likeness (QED) is 0.677. The molecule has 0 fully saturated rings. The van der Waals surface area contributed by atoms with E-state index in [0.717, 1.165) is 17.1 Å². The van der Waals surface area contributed by atoms with E-state index in [9.17, 15) is 0 Å². The minimum atomic E-state index is -1.56. The third kappa shape index (κ3) is 3.61. The minimum Gasteiger partial charge on any atom is -0.357 e.